The molecule has 8 nitrogen and oxygen atoms in total. The molecule has 2 atom stereocenters. The molecule has 1 aromatic carbocycles. The van der Waals surface area contributed by atoms with Crippen molar-refractivity contribution in [3.63, 3.8) is 0 Å². The number of nitro groups is 1. The van der Waals surface area contributed by atoms with Gasteiger partial charge in [-0.05, 0) is 63.0 Å². The second-order valence-corrected chi connectivity index (χ2v) is 10.3. The number of nitro benzene ring substituents is 1. The summed E-state index contributed by atoms with van der Waals surface area (Å²) in [6.07, 6.45) is 6.62. The molecule has 1 saturated heterocycles. The first-order valence-corrected chi connectivity index (χ1v) is 12.0. The van der Waals surface area contributed by atoms with Crippen molar-refractivity contribution >= 4 is 21.4 Å². The van der Waals surface area contributed by atoms with Crippen molar-refractivity contribution in [2.45, 2.75) is 75.0 Å². The molecule has 1 aromatic rings. The van der Waals surface area contributed by atoms with Gasteiger partial charge in [0.25, 0.3) is 5.69 Å². The van der Waals surface area contributed by atoms with Crippen LogP contribution in [0.4, 0.5) is 11.4 Å². The number of sulfonamides is 1. The molecule has 1 N–H and O–H groups in total. The van der Waals surface area contributed by atoms with E-state index in [4.69, 9.17) is 4.74 Å². The minimum Gasteiger partial charge on any atom is -0.374 e. The summed E-state index contributed by atoms with van der Waals surface area (Å²) in [4.78, 5) is 13.3. The summed E-state index contributed by atoms with van der Waals surface area (Å²) in [6.45, 7) is 3.28. The van der Waals surface area contributed by atoms with Gasteiger partial charge in [-0.25, -0.2) is 13.1 Å². The van der Waals surface area contributed by atoms with Gasteiger partial charge in [0, 0.05) is 18.7 Å². The highest BCUT2D eigenvalue weighted by Crippen LogP contribution is 2.38. The monoisotopic (exact) mass is 423 g/mol. The van der Waals surface area contributed by atoms with Crippen LogP contribution in [0.2, 0.25) is 0 Å². The van der Waals surface area contributed by atoms with Crippen LogP contribution in [0.5, 0.6) is 0 Å². The predicted octanol–water partition coefficient (Wildman–Crippen LogP) is 3.21. The molecule has 2 aliphatic carbocycles. The average molecular weight is 424 g/mol. The molecule has 1 aliphatic heterocycles. The summed E-state index contributed by atoms with van der Waals surface area (Å²) in [5.74, 6) is 0.615. The van der Waals surface area contributed by atoms with Gasteiger partial charge in [0.1, 0.15) is 5.69 Å². The van der Waals surface area contributed by atoms with Crippen LogP contribution in [0.15, 0.2) is 23.1 Å². The third kappa shape index (κ3) is 4.27. The molecular weight excluding hydrogens is 394 g/mol. The van der Waals surface area contributed by atoms with Crippen molar-refractivity contribution in [1.82, 2.24) is 4.72 Å². The number of hydrogen-bond acceptors (Lipinski definition) is 6. The summed E-state index contributed by atoms with van der Waals surface area (Å²) >= 11 is 0. The van der Waals surface area contributed by atoms with Gasteiger partial charge in [-0.15, -0.1) is 0 Å². The van der Waals surface area contributed by atoms with Crippen LogP contribution in [-0.2, 0) is 14.8 Å². The summed E-state index contributed by atoms with van der Waals surface area (Å²) in [7, 11) is -3.80. The van der Waals surface area contributed by atoms with Gasteiger partial charge in [0.15, 0.2) is 0 Å². The Morgan fingerprint density at radius 1 is 1.17 bits per heavy atom. The zero-order chi connectivity index (χ0) is 20.6. The number of morpholine rings is 1. The lowest BCUT2D eigenvalue weighted by molar-refractivity contribution is -0.384. The van der Waals surface area contributed by atoms with Crippen LogP contribution in [0.1, 0.15) is 51.9 Å². The van der Waals surface area contributed by atoms with Gasteiger partial charge in [0.2, 0.25) is 10.0 Å². The lowest BCUT2D eigenvalue weighted by Crippen LogP contribution is -2.48. The van der Waals surface area contributed by atoms with Crippen molar-refractivity contribution < 1.29 is 18.1 Å². The molecule has 29 heavy (non-hydrogen) atoms. The van der Waals surface area contributed by atoms with Crippen molar-refractivity contribution in [2.75, 3.05) is 18.1 Å². The van der Waals surface area contributed by atoms with Gasteiger partial charge in [-0.1, -0.05) is 6.92 Å². The van der Waals surface area contributed by atoms with Gasteiger partial charge in [-0.2, -0.15) is 0 Å². The van der Waals surface area contributed by atoms with Crippen LogP contribution in [0, 0.1) is 16.0 Å². The minimum atomic E-state index is -3.80. The smallest absolute Gasteiger partial charge is 0.293 e. The highest BCUT2D eigenvalue weighted by Gasteiger charge is 2.38. The highest BCUT2D eigenvalue weighted by molar-refractivity contribution is 7.89. The Morgan fingerprint density at radius 3 is 2.66 bits per heavy atom. The Bertz CT molecular complexity index is 867. The van der Waals surface area contributed by atoms with Crippen LogP contribution in [0.3, 0.4) is 0 Å². The summed E-state index contributed by atoms with van der Waals surface area (Å²) in [5, 5.41) is 11.8. The van der Waals surface area contributed by atoms with E-state index in [0.717, 1.165) is 44.9 Å². The van der Waals surface area contributed by atoms with Crippen molar-refractivity contribution in [1.29, 1.82) is 0 Å². The molecular formula is C20H29N3O5S. The second-order valence-electron chi connectivity index (χ2n) is 8.59. The Hall–Kier alpha value is -1.71. The lowest BCUT2D eigenvalue weighted by atomic mass is 9.88. The quantitative estimate of drug-likeness (QED) is 0.576. The number of anilines is 1. The van der Waals surface area contributed by atoms with Gasteiger partial charge < -0.3 is 9.64 Å². The number of hydrogen-bond donors (Lipinski definition) is 1. The number of benzene rings is 1. The Morgan fingerprint density at radius 2 is 1.93 bits per heavy atom. The molecule has 9 heteroatoms. The number of rotatable bonds is 5. The van der Waals surface area contributed by atoms with E-state index >= 15 is 0 Å². The molecule has 0 spiro atoms. The van der Waals surface area contributed by atoms with Crippen LogP contribution in [-0.4, -0.2) is 44.7 Å². The molecule has 160 valence electrons. The Kier molecular flexibility index (Phi) is 5.81. The first kappa shape index (κ1) is 20.6. The Balaban J connectivity index is 1.59. The fourth-order valence-electron chi connectivity index (χ4n) is 4.95. The fraction of sp³-hybridized carbons (Fsp3) is 0.700. The van der Waals surface area contributed by atoms with Crippen molar-refractivity contribution in [3.8, 4) is 0 Å². The maximum absolute atomic E-state index is 12.9. The molecule has 0 unspecified atom stereocenters. The molecule has 0 bridgehead atoms. The maximum atomic E-state index is 12.9. The second kappa shape index (κ2) is 8.20. The summed E-state index contributed by atoms with van der Waals surface area (Å²) in [5.41, 5.74) is 0.332. The summed E-state index contributed by atoms with van der Waals surface area (Å²) < 4.78 is 34.3. The molecule has 3 fully saturated rings. The number of nitrogens with zero attached hydrogens (tertiary/aromatic N) is 2. The third-order valence-electron chi connectivity index (χ3n) is 6.58. The van der Waals surface area contributed by atoms with Crippen molar-refractivity contribution in [2.24, 2.45) is 5.92 Å². The average Bonchev–Trinajstić information content (AvgIpc) is 3.18. The minimum absolute atomic E-state index is 0.0391. The van der Waals surface area contributed by atoms with E-state index in [2.05, 4.69) is 11.6 Å². The summed E-state index contributed by atoms with van der Waals surface area (Å²) in [6, 6.07) is 4.31. The molecule has 4 rings (SSSR count). The van der Waals surface area contributed by atoms with E-state index in [1.807, 2.05) is 4.90 Å². The Labute approximate surface area is 171 Å². The zero-order valence-electron chi connectivity index (χ0n) is 16.7. The lowest BCUT2D eigenvalue weighted by Gasteiger charge is -2.39. The number of ether oxygens (including phenoxy) is 1. The van der Waals surface area contributed by atoms with E-state index in [1.54, 1.807) is 6.07 Å². The van der Waals surface area contributed by atoms with Gasteiger partial charge in [0.05, 0.1) is 28.6 Å². The fourth-order valence-corrected chi connectivity index (χ4v) is 6.27. The largest absolute Gasteiger partial charge is 0.374 e. The highest BCUT2D eigenvalue weighted by atomic mass is 32.2. The predicted molar refractivity (Wildman–Crippen MR) is 110 cm³/mol. The zero-order valence-corrected chi connectivity index (χ0v) is 17.6. The molecule has 0 radical (unpaired) electrons. The van der Waals surface area contributed by atoms with E-state index in [0.29, 0.717) is 24.8 Å². The third-order valence-corrected chi connectivity index (χ3v) is 8.10. The molecule has 2 saturated carbocycles. The van der Waals surface area contributed by atoms with Crippen LogP contribution < -0.4 is 9.62 Å². The van der Waals surface area contributed by atoms with E-state index in [1.165, 1.54) is 12.1 Å². The molecule has 0 aromatic heterocycles. The normalized spacial score (nSPS) is 30.2. The number of nitrogens with one attached hydrogen (secondary N) is 1. The first-order chi connectivity index (χ1) is 13.8. The first-order valence-electron chi connectivity index (χ1n) is 10.5. The van der Waals surface area contributed by atoms with Crippen LogP contribution >= 0.6 is 0 Å². The number of fused-ring (bicyclic) bond motifs is 1. The molecule has 3 aliphatic rings. The van der Waals surface area contributed by atoms with Gasteiger partial charge in [-0.3, -0.25) is 10.1 Å². The van der Waals surface area contributed by atoms with E-state index in [-0.39, 0.29) is 28.8 Å². The molecule has 0 amide bonds. The molecule has 1 heterocycles. The SMILES string of the molecule is CC1CCC(NS(=O)(=O)c2ccc(N3CCO[C@@H]4CCC[C@H]43)c([N+](=O)[O-])c2)CC1. The standard InChI is InChI=1S/C20H29N3O5S/c1-14-5-7-15(8-6-14)21-29(26,27)16-9-10-17(19(13-16)23(24)25)22-11-12-28-20-4-2-3-18(20)22/h9-10,13-15,18,20-21H,2-8,11-12H2,1H3/t14?,15?,18-,20-/m1/s1. The van der Waals surface area contributed by atoms with E-state index < -0.39 is 14.9 Å². The van der Waals surface area contributed by atoms with Crippen LogP contribution in [0.25, 0.3) is 0 Å². The van der Waals surface area contributed by atoms with E-state index in [9.17, 15) is 18.5 Å². The van der Waals surface area contributed by atoms with Crippen molar-refractivity contribution in [3.05, 3.63) is 28.3 Å². The maximum Gasteiger partial charge on any atom is 0.293 e. The van der Waals surface area contributed by atoms with Gasteiger partial charge >= 0.3 is 0 Å². The topological polar surface area (TPSA) is 102 Å².